The maximum absolute atomic E-state index is 12.6. The second-order valence-electron chi connectivity index (χ2n) is 6.56. The Balaban J connectivity index is 2.24. The first-order valence-corrected chi connectivity index (χ1v) is 8.26. The molecule has 25 heavy (non-hydrogen) atoms. The number of nitrogens with one attached hydrogen (secondary N) is 1. The number of nitrogens with zero attached hydrogens (tertiary/aromatic N) is 2. The number of esters is 1. The Morgan fingerprint density at radius 2 is 1.96 bits per heavy atom. The number of carbonyl (C=O) groups is 1. The molecule has 130 valence electrons. The SMILES string of the molecule is CC(C)(C)OC(=O)[C@@H](Cc1ccccc1)Nc1ccc(Cl)c(C#N)n1. The quantitative estimate of drug-likeness (QED) is 0.819. The highest BCUT2D eigenvalue weighted by Crippen LogP contribution is 2.18. The van der Waals surface area contributed by atoms with Crippen LogP contribution in [0.1, 0.15) is 32.0 Å². The fraction of sp³-hybridized carbons (Fsp3) is 0.316. The van der Waals surface area contributed by atoms with Gasteiger partial charge >= 0.3 is 5.97 Å². The van der Waals surface area contributed by atoms with Crippen LogP contribution in [0.5, 0.6) is 0 Å². The highest BCUT2D eigenvalue weighted by atomic mass is 35.5. The van der Waals surface area contributed by atoms with Gasteiger partial charge in [-0.25, -0.2) is 9.78 Å². The Bertz CT molecular complexity index is 779. The summed E-state index contributed by atoms with van der Waals surface area (Å²) in [6.45, 7) is 5.45. The molecule has 1 atom stereocenters. The molecule has 2 rings (SSSR count). The van der Waals surface area contributed by atoms with Crippen LogP contribution in [-0.2, 0) is 16.0 Å². The van der Waals surface area contributed by atoms with Crippen LogP contribution in [0.15, 0.2) is 42.5 Å². The Labute approximate surface area is 152 Å². The van der Waals surface area contributed by atoms with Crippen molar-refractivity contribution in [1.82, 2.24) is 4.98 Å². The molecule has 5 nitrogen and oxygen atoms in total. The summed E-state index contributed by atoms with van der Waals surface area (Å²) in [7, 11) is 0. The molecule has 0 fully saturated rings. The molecule has 0 radical (unpaired) electrons. The smallest absolute Gasteiger partial charge is 0.329 e. The van der Waals surface area contributed by atoms with Crippen LogP contribution in [-0.4, -0.2) is 22.6 Å². The van der Waals surface area contributed by atoms with E-state index in [4.69, 9.17) is 21.6 Å². The number of carbonyl (C=O) groups excluding carboxylic acids is 1. The van der Waals surface area contributed by atoms with Crippen LogP contribution in [0, 0.1) is 11.3 Å². The van der Waals surface area contributed by atoms with Crippen LogP contribution in [0.3, 0.4) is 0 Å². The van der Waals surface area contributed by atoms with Crippen molar-refractivity contribution < 1.29 is 9.53 Å². The van der Waals surface area contributed by atoms with E-state index in [-0.39, 0.29) is 16.7 Å². The van der Waals surface area contributed by atoms with E-state index in [1.54, 1.807) is 12.1 Å². The number of rotatable bonds is 5. The van der Waals surface area contributed by atoms with Crippen molar-refractivity contribution in [2.24, 2.45) is 0 Å². The van der Waals surface area contributed by atoms with Crippen molar-refractivity contribution in [1.29, 1.82) is 5.26 Å². The highest BCUT2D eigenvalue weighted by molar-refractivity contribution is 6.31. The van der Waals surface area contributed by atoms with E-state index in [1.165, 1.54) is 0 Å². The molecule has 0 saturated carbocycles. The first kappa shape index (κ1) is 18.8. The third-order valence-electron chi connectivity index (χ3n) is 3.25. The zero-order valence-corrected chi connectivity index (χ0v) is 15.2. The summed E-state index contributed by atoms with van der Waals surface area (Å²) >= 11 is 5.91. The van der Waals surface area contributed by atoms with Gasteiger partial charge in [0.2, 0.25) is 0 Å². The van der Waals surface area contributed by atoms with E-state index in [0.717, 1.165) is 5.56 Å². The summed E-state index contributed by atoms with van der Waals surface area (Å²) in [4.78, 5) is 16.7. The van der Waals surface area contributed by atoms with Gasteiger partial charge in [-0.1, -0.05) is 41.9 Å². The van der Waals surface area contributed by atoms with Crippen LogP contribution in [0.25, 0.3) is 0 Å². The van der Waals surface area contributed by atoms with E-state index in [1.807, 2.05) is 57.2 Å². The number of aromatic nitrogens is 1. The minimum absolute atomic E-state index is 0.106. The number of hydrogen-bond donors (Lipinski definition) is 1. The lowest BCUT2D eigenvalue weighted by atomic mass is 10.1. The van der Waals surface area contributed by atoms with Crippen molar-refractivity contribution in [3.05, 3.63) is 58.7 Å². The molecule has 0 amide bonds. The van der Waals surface area contributed by atoms with Gasteiger partial charge in [0.1, 0.15) is 23.5 Å². The second kappa shape index (κ2) is 8.00. The molecule has 0 aliphatic rings. The summed E-state index contributed by atoms with van der Waals surface area (Å²) in [5.41, 5.74) is 0.494. The van der Waals surface area contributed by atoms with E-state index in [9.17, 15) is 4.79 Å². The van der Waals surface area contributed by atoms with Crippen molar-refractivity contribution in [3.63, 3.8) is 0 Å². The second-order valence-corrected chi connectivity index (χ2v) is 6.97. The zero-order valence-electron chi connectivity index (χ0n) is 14.4. The third kappa shape index (κ3) is 5.77. The maximum atomic E-state index is 12.6. The van der Waals surface area contributed by atoms with Crippen molar-refractivity contribution >= 4 is 23.4 Å². The van der Waals surface area contributed by atoms with Crippen LogP contribution >= 0.6 is 11.6 Å². The molecule has 0 spiro atoms. The number of pyridine rings is 1. The summed E-state index contributed by atoms with van der Waals surface area (Å²) in [6, 6.07) is 14.1. The third-order valence-corrected chi connectivity index (χ3v) is 3.55. The van der Waals surface area contributed by atoms with Gasteiger partial charge < -0.3 is 10.1 Å². The molecular weight excluding hydrogens is 338 g/mol. The molecule has 0 saturated heterocycles. The average molecular weight is 358 g/mol. The van der Waals surface area contributed by atoms with E-state index >= 15 is 0 Å². The molecular formula is C19H20ClN3O2. The largest absolute Gasteiger partial charge is 0.458 e. The molecule has 1 N–H and O–H groups in total. The van der Waals surface area contributed by atoms with Gasteiger partial charge in [0, 0.05) is 6.42 Å². The van der Waals surface area contributed by atoms with Crippen LogP contribution in [0.2, 0.25) is 5.02 Å². The topological polar surface area (TPSA) is 75.0 Å². The van der Waals surface area contributed by atoms with Crippen LogP contribution in [0.4, 0.5) is 5.82 Å². The molecule has 1 aromatic heterocycles. The average Bonchev–Trinajstić information content (AvgIpc) is 2.55. The Morgan fingerprint density at radius 3 is 2.56 bits per heavy atom. The van der Waals surface area contributed by atoms with Crippen LogP contribution < -0.4 is 5.32 Å². The predicted molar refractivity (Wildman–Crippen MR) is 97.4 cm³/mol. The van der Waals surface area contributed by atoms with E-state index in [2.05, 4.69) is 10.3 Å². The molecule has 0 unspecified atom stereocenters. The molecule has 0 aliphatic carbocycles. The first-order chi connectivity index (χ1) is 11.8. The Hall–Kier alpha value is -2.58. The molecule has 0 bridgehead atoms. The van der Waals surface area contributed by atoms with Gasteiger partial charge in [0.15, 0.2) is 5.69 Å². The maximum Gasteiger partial charge on any atom is 0.329 e. The molecule has 2 aromatic rings. The first-order valence-electron chi connectivity index (χ1n) is 7.88. The lowest BCUT2D eigenvalue weighted by molar-refractivity contribution is -0.155. The van der Waals surface area contributed by atoms with Gasteiger partial charge in [0.25, 0.3) is 0 Å². The van der Waals surface area contributed by atoms with Crippen molar-refractivity contribution in [3.8, 4) is 6.07 Å². The minimum Gasteiger partial charge on any atom is -0.458 e. The standard InChI is InChI=1S/C19H20ClN3O2/c1-19(2,3)25-18(24)15(11-13-7-5-4-6-8-13)22-17-10-9-14(20)16(12-21)23-17/h4-10,15H,11H2,1-3H3,(H,22,23)/t15-/m1/s1. The number of benzene rings is 1. The number of anilines is 1. The van der Waals surface area contributed by atoms with Gasteiger partial charge in [-0.3, -0.25) is 0 Å². The number of nitriles is 1. The number of ether oxygens (including phenoxy) is 1. The minimum atomic E-state index is -0.637. The zero-order chi connectivity index (χ0) is 18.4. The number of hydrogen-bond acceptors (Lipinski definition) is 5. The monoisotopic (exact) mass is 357 g/mol. The molecule has 1 heterocycles. The molecule has 1 aromatic carbocycles. The fourth-order valence-electron chi connectivity index (χ4n) is 2.20. The van der Waals surface area contributed by atoms with E-state index < -0.39 is 11.6 Å². The van der Waals surface area contributed by atoms with Gasteiger partial charge in [-0.2, -0.15) is 5.26 Å². The van der Waals surface area contributed by atoms with Crippen molar-refractivity contribution in [2.75, 3.05) is 5.32 Å². The summed E-state index contributed by atoms with van der Waals surface area (Å²) in [5.74, 6) is 0.0133. The van der Waals surface area contributed by atoms with Gasteiger partial charge in [0.05, 0.1) is 5.02 Å². The van der Waals surface area contributed by atoms with E-state index in [0.29, 0.717) is 12.2 Å². The lowest BCUT2D eigenvalue weighted by Crippen LogP contribution is -2.38. The summed E-state index contributed by atoms with van der Waals surface area (Å²) in [5, 5.41) is 12.4. The normalized spacial score (nSPS) is 12.1. The lowest BCUT2D eigenvalue weighted by Gasteiger charge is -2.25. The Kier molecular flexibility index (Phi) is 6.00. The van der Waals surface area contributed by atoms with Crippen molar-refractivity contribution in [2.45, 2.75) is 38.8 Å². The molecule has 0 aliphatic heterocycles. The summed E-state index contributed by atoms with van der Waals surface area (Å²) < 4.78 is 5.50. The highest BCUT2D eigenvalue weighted by Gasteiger charge is 2.26. The Morgan fingerprint density at radius 1 is 1.28 bits per heavy atom. The molecule has 6 heteroatoms. The van der Waals surface area contributed by atoms with Gasteiger partial charge in [-0.15, -0.1) is 0 Å². The number of halogens is 1. The fourth-order valence-corrected chi connectivity index (χ4v) is 2.34. The predicted octanol–water partition coefficient (Wildman–Crippen LogP) is 3.97. The summed E-state index contributed by atoms with van der Waals surface area (Å²) in [6.07, 6.45) is 0.432. The van der Waals surface area contributed by atoms with Gasteiger partial charge in [-0.05, 0) is 38.5 Å².